The van der Waals surface area contributed by atoms with Crippen LogP contribution in [-0.4, -0.2) is 12.1 Å². The fourth-order valence-electron chi connectivity index (χ4n) is 1.28. The van der Waals surface area contributed by atoms with Crippen molar-refractivity contribution >= 4 is 22.4 Å². The van der Waals surface area contributed by atoms with Crippen LogP contribution in [0.3, 0.4) is 0 Å². The van der Waals surface area contributed by atoms with E-state index >= 15 is 0 Å². The predicted octanol–water partition coefficient (Wildman–Crippen LogP) is 2.90. The SMILES string of the molecule is COc1cncc2cc(Cl)ccc12. The molecule has 0 bridgehead atoms. The van der Waals surface area contributed by atoms with E-state index in [1.807, 2.05) is 18.2 Å². The fourth-order valence-corrected chi connectivity index (χ4v) is 1.46. The Bertz CT molecular complexity index is 442. The Labute approximate surface area is 81.1 Å². The molecule has 66 valence electrons. The van der Waals surface area contributed by atoms with E-state index in [0.29, 0.717) is 5.02 Å². The van der Waals surface area contributed by atoms with Gasteiger partial charge in [0, 0.05) is 22.0 Å². The van der Waals surface area contributed by atoms with Crippen LogP contribution in [0.15, 0.2) is 30.6 Å². The average Bonchev–Trinajstić information content (AvgIpc) is 2.16. The first-order valence-electron chi connectivity index (χ1n) is 3.88. The van der Waals surface area contributed by atoms with Crippen LogP contribution in [-0.2, 0) is 0 Å². The summed E-state index contributed by atoms with van der Waals surface area (Å²) in [6, 6.07) is 5.64. The summed E-state index contributed by atoms with van der Waals surface area (Å²) < 4.78 is 5.16. The number of aromatic nitrogens is 1. The Morgan fingerprint density at radius 3 is 2.92 bits per heavy atom. The van der Waals surface area contributed by atoms with Gasteiger partial charge in [0.15, 0.2) is 0 Å². The summed E-state index contributed by atoms with van der Waals surface area (Å²) in [5.74, 6) is 0.772. The number of benzene rings is 1. The first-order valence-corrected chi connectivity index (χ1v) is 4.26. The molecule has 0 spiro atoms. The van der Waals surface area contributed by atoms with Gasteiger partial charge in [0.2, 0.25) is 0 Å². The number of halogens is 1. The summed E-state index contributed by atoms with van der Waals surface area (Å²) in [4.78, 5) is 4.04. The molecule has 1 aromatic carbocycles. The minimum Gasteiger partial charge on any atom is -0.494 e. The highest BCUT2D eigenvalue weighted by Crippen LogP contribution is 2.25. The lowest BCUT2D eigenvalue weighted by molar-refractivity contribution is 0.418. The van der Waals surface area contributed by atoms with Crippen LogP contribution in [0.25, 0.3) is 10.8 Å². The second-order valence-electron chi connectivity index (χ2n) is 2.71. The van der Waals surface area contributed by atoms with Gasteiger partial charge in [0.05, 0.1) is 13.3 Å². The average molecular weight is 194 g/mol. The lowest BCUT2D eigenvalue weighted by Crippen LogP contribution is -1.85. The molecule has 0 aliphatic rings. The van der Waals surface area contributed by atoms with E-state index in [1.54, 1.807) is 19.5 Å². The van der Waals surface area contributed by atoms with Crippen molar-refractivity contribution in [2.75, 3.05) is 7.11 Å². The highest BCUT2D eigenvalue weighted by atomic mass is 35.5. The van der Waals surface area contributed by atoms with Crippen LogP contribution in [0.1, 0.15) is 0 Å². The van der Waals surface area contributed by atoms with E-state index in [0.717, 1.165) is 16.5 Å². The zero-order chi connectivity index (χ0) is 9.26. The molecule has 0 N–H and O–H groups in total. The minimum atomic E-state index is 0.711. The maximum Gasteiger partial charge on any atom is 0.144 e. The maximum atomic E-state index is 5.85. The molecule has 0 saturated heterocycles. The molecule has 0 saturated carbocycles. The molecule has 0 atom stereocenters. The Kier molecular flexibility index (Phi) is 2.07. The van der Waals surface area contributed by atoms with Crippen molar-refractivity contribution in [2.45, 2.75) is 0 Å². The molecular weight excluding hydrogens is 186 g/mol. The molecule has 13 heavy (non-hydrogen) atoms. The summed E-state index contributed by atoms with van der Waals surface area (Å²) in [6.07, 6.45) is 3.46. The Balaban J connectivity index is 2.77. The van der Waals surface area contributed by atoms with Gasteiger partial charge in [-0.05, 0) is 18.2 Å². The molecule has 2 aromatic rings. The van der Waals surface area contributed by atoms with E-state index in [2.05, 4.69) is 4.98 Å². The molecule has 0 amide bonds. The molecule has 2 rings (SSSR count). The van der Waals surface area contributed by atoms with Crippen LogP contribution in [0, 0.1) is 0 Å². The third kappa shape index (κ3) is 1.45. The van der Waals surface area contributed by atoms with Gasteiger partial charge in [-0.25, -0.2) is 0 Å². The molecule has 2 nitrogen and oxygen atoms in total. The van der Waals surface area contributed by atoms with Crippen LogP contribution >= 0.6 is 11.6 Å². The molecular formula is C10H8ClNO. The first kappa shape index (κ1) is 8.32. The monoisotopic (exact) mass is 193 g/mol. The smallest absolute Gasteiger partial charge is 0.144 e. The van der Waals surface area contributed by atoms with Gasteiger partial charge in [-0.2, -0.15) is 0 Å². The van der Waals surface area contributed by atoms with E-state index in [-0.39, 0.29) is 0 Å². The standard InChI is InChI=1S/C10H8ClNO/c1-13-10-6-12-5-7-4-8(11)2-3-9(7)10/h2-6H,1H3. The van der Waals surface area contributed by atoms with Gasteiger partial charge in [-0.1, -0.05) is 11.6 Å². The number of methoxy groups -OCH3 is 1. The van der Waals surface area contributed by atoms with Gasteiger partial charge >= 0.3 is 0 Å². The van der Waals surface area contributed by atoms with Crippen molar-refractivity contribution in [3.63, 3.8) is 0 Å². The van der Waals surface area contributed by atoms with Crippen LogP contribution in [0.5, 0.6) is 5.75 Å². The van der Waals surface area contributed by atoms with E-state index in [4.69, 9.17) is 16.3 Å². The molecule has 0 fully saturated rings. The Morgan fingerprint density at radius 1 is 1.31 bits per heavy atom. The number of pyridine rings is 1. The molecule has 0 aliphatic heterocycles. The number of rotatable bonds is 1. The van der Waals surface area contributed by atoms with Crippen molar-refractivity contribution < 1.29 is 4.74 Å². The number of nitrogens with zero attached hydrogens (tertiary/aromatic N) is 1. The Hall–Kier alpha value is -1.28. The molecule has 0 aliphatic carbocycles. The number of fused-ring (bicyclic) bond motifs is 1. The topological polar surface area (TPSA) is 22.1 Å². The quantitative estimate of drug-likeness (QED) is 0.695. The summed E-state index contributed by atoms with van der Waals surface area (Å²) in [7, 11) is 1.63. The highest BCUT2D eigenvalue weighted by molar-refractivity contribution is 6.31. The number of hydrogen-bond acceptors (Lipinski definition) is 2. The summed E-state index contributed by atoms with van der Waals surface area (Å²) in [5.41, 5.74) is 0. The van der Waals surface area contributed by atoms with Crippen molar-refractivity contribution in [3.8, 4) is 5.75 Å². The molecule has 1 aromatic heterocycles. The number of ether oxygens (including phenoxy) is 1. The summed E-state index contributed by atoms with van der Waals surface area (Å²) >= 11 is 5.85. The van der Waals surface area contributed by atoms with Crippen LogP contribution in [0.2, 0.25) is 5.02 Å². The third-order valence-electron chi connectivity index (χ3n) is 1.90. The normalized spacial score (nSPS) is 10.3. The van der Waals surface area contributed by atoms with Crippen molar-refractivity contribution in [2.24, 2.45) is 0 Å². The zero-order valence-corrected chi connectivity index (χ0v) is 7.88. The van der Waals surface area contributed by atoms with E-state index in [1.165, 1.54) is 0 Å². The van der Waals surface area contributed by atoms with Gasteiger partial charge in [0.25, 0.3) is 0 Å². The van der Waals surface area contributed by atoms with E-state index in [9.17, 15) is 0 Å². The highest BCUT2D eigenvalue weighted by Gasteiger charge is 2.00. The largest absolute Gasteiger partial charge is 0.494 e. The summed E-state index contributed by atoms with van der Waals surface area (Å²) in [6.45, 7) is 0. The summed E-state index contributed by atoms with van der Waals surface area (Å²) in [5, 5.41) is 2.73. The van der Waals surface area contributed by atoms with Gasteiger partial charge in [0.1, 0.15) is 5.75 Å². The first-order chi connectivity index (χ1) is 6.31. The van der Waals surface area contributed by atoms with Gasteiger partial charge in [-0.3, -0.25) is 4.98 Å². The zero-order valence-electron chi connectivity index (χ0n) is 7.12. The van der Waals surface area contributed by atoms with Crippen LogP contribution in [0.4, 0.5) is 0 Å². The lowest BCUT2D eigenvalue weighted by Gasteiger charge is -2.03. The molecule has 0 radical (unpaired) electrons. The molecule has 1 heterocycles. The van der Waals surface area contributed by atoms with Crippen LogP contribution < -0.4 is 4.74 Å². The third-order valence-corrected chi connectivity index (χ3v) is 2.14. The van der Waals surface area contributed by atoms with Crippen molar-refractivity contribution in [3.05, 3.63) is 35.6 Å². The molecule has 0 unspecified atom stereocenters. The Morgan fingerprint density at radius 2 is 2.15 bits per heavy atom. The second kappa shape index (κ2) is 3.23. The predicted molar refractivity (Wildman–Crippen MR) is 53.3 cm³/mol. The number of hydrogen-bond donors (Lipinski definition) is 0. The van der Waals surface area contributed by atoms with Crippen molar-refractivity contribution in [1.29, 1.82) is 0 Å². The van der Waals surface area contributed by atoms with E-state index < -0.39 is 0 Å². The maximum absolute atomic E-state index is 5.85. The second-order valence-corrected chi connectivity index (χ2v) is 3.14. The van der Waals surface area contributed by atoms with Gasteiger partial charge < -0.3 is 4.74 Å². The molecule has 3 heteroatoms. The van der Waals surface area contributed by atoms with Gasteiger partial charge in [-0.15, -0.1) is 0 Å². The van der Waals surface area contributed by atoms with Crippen molar-refractivity contribution in [1.82, 2.24) is 4.98 Å². The fraction of sp³-hybridized carbons (Fsp3) is 0.100. The lowest BCUT2D eigenvalue weighted by atomic mass is 10.2. The minimum absolute atomic E-state index is 0.711.